The quantitative estimate of drug-likeness (QED) is 0.711. The van der Waals surface area contributed by atoms with Crippen molar-refractivity contribution in [3.63, 3.8) is 0 Å². The van der Waals surface area contributed by atoms with Crippen molar-refractivity contribution in [1.29, 1.82) is 0 Å². The van der Waals surface area contributed by atoms with Crippen molar-refractivity contribution in [2.45, 2.75) is 19.1 Å². The van der Waals surface area contributed by atoms with Gasteiger partial charge in [-0.2, -0.15) is 5.10 Å². The van der Waals surface area contributed by atoms with Crippen molar-refractivity contribution >= 4 is 0 Å². The molecule has 1 N–H and O–H groups in total. The van der Waals surface area contributed by atoms with Crippen LogP contribution in [-0.4, -0.2) is 45.0 Å². The number of hydrogen-bond acceptors (Lipinski definition) is 3. The van der Waals surface area contributed by atoms with Gasteiger partial charge in [0.25, 0.3) is 0 Å². The average molecular weight is 181 g/mol. The molecule has 0 atom stereocenters. The molecule has 0 unspecified atom stereocenters. The van der Waals surface area contributed by atoms with E-state index in [0.29, 0.717) is 0 Å². The fourth-order valence-electron chi connectivity index (χ4n) is 1.75. The molecule has 2 heterocycles. The number of likely N-dealkylation sites (tertiary alicyclic amines) is 1. The third kappa shape index (κ3) is 2.08. The monoisotopic (exact) mass is 181 g/mol. The molecule has 1 aliphatic heterocycles. The Morgan fingerprint density at radius 2 is 2.23 bits per heavy atom. The maximum absolute atomic E-state index is 9.48. The third-order valence-corrected chi connectivity index (χ3v) is 2.33. The van der Waals surface area contributed by atoms with Crippen molar-refractivity contribution in [3.05, 3.63) is 18.5 Å². The van der Waals surface area contributed by atoms with Crippen LogP contribution in [0, 0.1) is 0 Å². The lowest BCUT2D eigenvalue weighted by Gasteiger charge is -2.44. The smallest absolute Gasteiger partial charge is 0.0872 e. The molecule has 1 saturated heterocycles. The lowest BCUT2D eigenvalue weighted by molar-refractivity contribution is -0.0842. The molecule has 0 amide bonds. The first-order valence-corrected chi connectivity index (χ1v) is 4.58. The second-order valence-electron chi connectivity index (χ2n) is 3.98. The van der Waals surface area contributed by atoms with E-state index in [-0.39, 0.29) is 0 Å². The van der Waals surface area contributed by atoms with E-state index >= 15 is 0 Å². The lowest BCUT2D eigenvalue weighted by Crippen LogP contribution is -2.60. The van der Waals surface area contributed by atoms with E-state index in [4.69, 9.17) is 0 Å². The van der Waals surface area contributed by atoms with E-state index < -0.39 is 5.60 Å². The molecule has 13 heavy (non-hydrogen) atoms. The van der Waals surface area contributed by atoms with Gasteiger partial charge in [0.1, 0.15) is 0 Å². The van der Waals surface area contributed by atoms with E-state index in [0.717, 1.165) is 26.2 Å². The zero-order valence-corrected chi connectivity index (χ0v) is 7.85. The summed E-state index contributed by atoms with van der Waals surface area (Å²) in [5.74, 6) is 0. The molecule has 1 fully saturated rings. The first-order valence-electron chi connectivity index (χ1n) is 4.58. The zero-order chi connectivity index (χ0) is 9.31. The number of β-amino-alcohol motifs (C(OH)–C–C–N with tert-alkyl or cyclic N) is 1. The highest BCUT2D eigenvalue weighted by molar-refractivity contribution is 4.91. The minimum Gasteiger partial charge on any atom is -0.388 e. The van der Waals surface area contributed by atoms with E-state index in [2.05, 4.69) is 10.00 Å². The molecule has 4 nitrogen and oxygen atoms in total. The molecule has 0 radical (unpaired) electrons. The normalized spacial score (nSPS) is 21.4. The van der Waals surface area contributed by atoms with Crippen LogP contribution >= 0.6 is 0 Å². The van der Waals surface area contributed by atoms with E-state index in [1.165, 1.54) is 0 Å². The van der Waals surface area contributed by atoms with Crippen LogP contribution in [0.2, 0.25) is 0 Å². The van der Waals surface area contributed by atoms with Gasteiger partial charge in [-0.1, -0.05) is 0 Å². The van der Waals surface area contributed by atoms with Crippen molar-refractivity contribution in [1.82, 2.24) is 14.7 Å². The van der Waals surface area contributed by atoms with Gasteiger partial charge in [0, 0.05) is 32.0 Å². The third-order valence-electron chi connectivity index (χ3n) is 2.33. The molecule has 1 aromatic heterocycles. The second kappa shape index (κ2) is 3.12. The Labute approximate surface area is 77.8 Å². The Bertz CT molecular complexity index is 260. The second-order valence-corrected chi connectivity index (χ2v) is 3.98. The Morgan fingerprint density at radius 3 is 2.77 bits per heavy atom. The summed E-state index contributed by atoms with van der Waals surface area (Å²) in [5.41, 5.74) is -0.454. The van der Waals surface area contributed by atoms with Crippen LogP contribution in [0.15, 0.2) is 18.5 Å². The Balaban J connectivity index is 1.71. The van der Waals surface area contributed by atoms with E-state index in [9.17, 15) is 5.11 Å². The molecule has 0 saturated carbocycles. The van der Waals surface area contributed by atoms with Gasteiger partial charge in [-0.3, -0.25) is 9.58 Å². The van der Waals surface area contributed by atoms with Crippen molar-refractivity contribution in [3.8, 4) is 0 Å². The highest BCUT2D eigenvalue weighted by Crippen LogP contribution is 2.18. The van der Waals surface area contributed by atoms with Crippen LogP contribution in [0.25, 0.3) is 0 Å². The lowest BCUT2D eigenvalue weighted by atomic mass is 9.97. The first-order chi connectivity index (χ1) is 6.16. The molecule has 0 bridgehead atoms. The van der Waals surface area contributed by atoms with Crippen LogP contribution < -0.4 is 0 Å². The number of aliphatic hydroxyl groups is 1. The van der Waals surface area contributed by atoms with E-state index in [1.807, 2.05) is 23.9 Å². The molecule has 1 aliphatic rings. The standard InChI is InChI=1S/C9H15N3O/c1-9(13)7-11(8-9)5-6-12-4-2-3-10-12/h2-4,13H,5-8H2,1H3. The summed E-state index contributed by atoms with van der Waals surface area (Å²) in [6, 6.07) is 1.92. The highest BCUT2D eigenvalue weighted by atomic mass is 16.3. The predicted molar refractivity (Wildman–Crippen MR) is 49.3 cm³/mol. The zero-order valence-electron chi connectivity index (χ0n) is 7.85. The molecule has 72 valence electrons. The van der Waals surface area contributed by atoms with Crippen LogP contribution in [0.1, 0.15) is 6.92 Å². The molecule has 1 aromatic rings. The minimum absolute atomic E-state index is 0.454. The Kier molecular flexibility index (Phi) is 2.09. The van der Waals surface area contributed by atoms with Gasteiger partial charge >= 0.3 is 0 Å². The van der Waals surface area contributed by atoms with Gasteiger partial charge in [0.2, 0.25) is 0 Å². The predicted octanol–water partition coefficient (Wildman–Crippen LogP) is -0.0503. The molecule has 0 spiro atoms. The van der Waals surface area contributed by atoms with Crippen molar-refractivity contribution in [2.75, 3.05) is 19.6 Å². The fourth-order valence-corrected chi connectivity index (χ4v) is 1.75. The molecule has 2 rings (SSSR count). The first kappa shape index (κ1) is 8.72. The van der Waals surface area contributed by atoms with E-state index in [1.54, 1.807) is 6.20 Å². The van der Waals surface area contributed by atoms with Crippen LogP contribution in [0.5, 0.6) is 0 Å². The Hall–Kier alpha value is -0.870. The number of aromatic nitrogens is 2. The number of rotatable bonds is 3. The molecular formula is C9H15N3O. The van der Waals surface area contributed by atoms with Gasteiger partial charge in [-0.25, -0.2) is 0 Å². The molecule has 0 aliphatic carbocycles. The number of nitrogens with zero attached hydrogens (tertiary/aromatic N) is 3. The average Bonchev–Trinajstić information content (AvgIpc) is 2.48. The van der Waals surface area contributed by atoms with Crippen LogP contribution in [0.4, 0.5) is 0 Å². The fraction of sp³-hybridized carbons (Fsp3) is 0.667. The summed E-state index contributed by atoms with van der Waals surface area (Å²) < 4.78 is 1.91. The van der Waals surface area contributed by atoms with Crippen molar-refractivity contribution in [2.24, 2.45) is 0 Å². The number of hydrogen-bond donors (Lipinski definition) is 1. The maximum Gasteiger partial charge on any atom is 0.0872 e. The van der Waals surface area contributed by atoms with Gasteiger partial charge < -0.3 is 5.11 Å². The maximum atomic E-state index is 9.48. The van der Waals surface area contributed by atoms with Gasteiger partial charge in [0.05, 0.1) is 12.1 Å². The summed E-state index contributed by atoms with van der Waals surface area (Å²) in [4.78, 5) is 2.22. The largest absolute Gasteiger partial charge is 0.388 e. The van der Waals surface area contributed by atoms with Gasteiger partial charge in [-0.05, 0) is 13.0 Å². The summed E-state index contributed by atoms with van der Waals surface area (Å²) in [6.07, 6.45) is 3.74. The Morgan fingerprint density at radius 1 is 1.46 bits per heavy atom. The summed E-state index contributed by atoms with van der Waals surface area (Å²) in [6.45, 7) is 5.32. The molecular weight excluding hydrogens is 166 g/mol. The summed E-state index contributed by atoms with van der Waals surface area (Å²) in [7, 11) is 0. The highest BCUT2D eigenvalue weighted by Gasteiger charge is 2.35. The minimum atomic E-state index is -0.454. The van der Waals surface area contributed by atoms with Crippen LogP contribution in [-0.2, 0) is 6.54 Å². The van der Waals surface area contributed by atoms with Crippen LogP contribution in [0.3, 0.4) is 0 Å². The SMILES string of the molecule is CC1(O)CN(CCn2cccn2)C1. The van der Waals surface area contributed by atoms with Gasteiger partial charge in [0.15, 0.2) is 0 Å². The topological polar surface area (TPSA) is 41.3 Å². The molecule has 0 aromatic carbocycles. The summed E-state index contributed by atoms with van der Waals surface area (Å²) >= 11 is 0. The molecule has 4 heteroatoms. The van der Waals surface area contributed by atoms with Gasteiger partial charge in [-0.15, -0.1) is 0 Å². The van der Waals surface area contributed by atoms with Crippen molar-refractivity contribution < 1.29 is 5.11 Å². The summed E-state index contributed by atoms with van der Waals surface area (Å²) in [5, 5.41) is 13.6.